The van der Waals surface area contributed by atoms with Crippen LogP contribution in [0.4, 0.5) is 0 Å². The molecule has 0 atom stereocenters. The second kappa shape index (κ2) is 4.22. The van der Waals surface area contributed by atoms with Crippen LogP contribution in [0, 0.1) is 6.92 Å². The molecule has 0 saturated heterocycles. The van der Waals surface area contributed by atoms with Gasteiger partial charge in [-0.1, -0.05) is 30.3 Å². The molecule has 18 heavy (non-hydrogen) atoms. The van der Waals surface area contributed by atoms with Gasteiger partial charge >= 0.3 is 0 Å². The number of benzene rings is 1. The number of hydrogen-bond donors (Lipinski definition) is 0. The Morgan fingerprint density at radius 3 is 2.56 bits per heavy atom. The first-order chi connectivity index (χ1) is 8.81. The molecule has 0 fully saturated rings. The largest absolute Gasteiger partial charge is 0.287 e. The summed E-state index contributed by atoms with van der Waals surface area (Å²) >= 11 is 0. The van der Waals surface area contributed by atoms with Gasteiger partial charge in [-0.15, -0.1) is 0 Å². The fourth-order valence-electron chi connectivity index (χ4n) is 2.46. The molecule has 0 aliphatic carbocycles. The van der Waals surface area contributed by atoms with Gasteiger partial charge in [-0.3, -0.25) is 9.98 Å². The lowest BCUT2D eigenvalue weighted by Gasteiger charge is -1.95. The third kappa shape index (κ3) is 1.58. The highest BCUT2D eigenvalue weighted by Crippen LogP contribution is 2.18. The molecule has 3 rings (SSSR count). The Morgan fingerprint density at radius 2 is 1.78 bits per heavy atom. The summed E-state index contributed by atoms with van der Waals surface area (Å²) in [5, 5.41) is 5.72. The number of aromatic nitrogens is 1. The average molecular weight is 234 g/mol. The van der Waals surface area contributed by atoms with Crippen LogP contribution in [0.5, 0.6) is 0 Å². The minimum atomic E-state index is 1.02. The molecule has 0 N–H and O–H groups in total. The fraction of sp³-hybridized carbons (Fsp3) is 0.125. The van der Waals surface area contributed by atoms with Crippen molar-refractivity contribution in [1.82, 2.24) is 4.98 Å². The Hall–Kier alpha value is -2.22. The van der Waals surface area contributed by atoms with Gasteiger partial charge in [0.25, 0.3) is 0 Å². The van der Waals surface area contributed by atoms with E-state index >= 15 is 0 Å². The third-order valence-corrected chi connectivity index (χ3v) is 3.31. The molecule has 2 aromatic carbocycles. The Bertz CT molecular complexity index is 804. The maximum Gasteiger partial charge on any atom is 0.0743 e. The number of nitrogens with zero attached hydrogens (tertiary/aromatic N) is 2. The van der Waals surface area contributed by atoms with Crippen LogP contribution < -0.4 is 5.36 Å². The summed E-state index contributed by atoms with van der Waals surface area (Å²) in [4.78, 5) is 8.69. The topological polar surface area (TPSA) is 25.2 Å². The van der Waals surface area contributed by atoms with E-state index in [1.165, 1.54) is 21.7 Å². The van der Waals surface area contributed by atoms with Gasteiger partial charge in [0.05, 0.1) is 5.36 Å². The molecule has 2 heteroatoms. The molecule has 0 saturated carbocycles. The molecule has 88 valence electrons. The van der Waals surface area contributed by atoms with Gasteiger partial charge in [0.1, 0.15) is 0 Å². The van der Waals surface area contributed by atoms with Crippen LogP contribution >= 0.6 is 0 Å². The van der Waals surface area contributed by atoms with Gasteiger partial charge in [-0.05, 0) is 29.3 Å². The Labute approximate surface area is 106 Å². The fourth-order valence-corrected chi connectivity index (χ4v) is 2.46. The summed E-state index contributed by atoms with van der Waals surface area (Å²) in [5.41, 5.74) is 1.26. The number of rotatable bonds is 0. The lowest BCUT2D eigenvalue weighted by molar-refractivity contribution is 1.30. The van der Waals surface area contributed by atoms with Crippen molar-refractivity contribution in [3.8, 4) is 0 Å². The van der Waals surface area contributed by atoms with Gasteiger partial charge in [0, 0.05) is 30.2 Å². The first-order valence-electron chi connectivity index (χ1n) is 6.00. The standard InChI is InChI=1S/C16H14N2/c1-11-9-12-7-8-18-10-15(12)16(17-2)14-6-4-3-5-13(11)14/h3-10H,1-2H3. The summed E-state index contributed by atoms with van der Waals surface area (Å²) in [6.45, 7) is 2.14. The van der Waals surface area contributed by atoms with E-state index in [1.807, 2.05) is 25.5 Å². The van der Waals surface area contributed by atoms with Gasteiger partial charge in [0.2, 0.25) is 0 Å². The van der Waals surface area contributed by atoms with Crippen molar-refractivity contribution in [3.63, 3.8) is 0 Å². The highest BCUT2D eigenvalue weighted by atomic mass is 14.7. The minimum Gasteiger partial charge on any atom is -0.287 e. The number of pyridine rings is 1. The van der Waals surface area contributed by atoms with E-state index in [1.54, 1.807) is 0 Å². The summed E-state index contributed by atoms with van der Waals surface area (Å²) in [6, 6.07) is 12.6. The number of hydrogen-bond acceptors (Lipinski definition) is 2. The van der Waals surface area contributed by atoms with Gasteiger partial charge < -0.3 is 0 Å². The van der Waals surface area contributed by atoms with Crippen LogP contribution in [0.25, 0.3) is 21.5 Å². The monoisotopic (exact) mass is 234 g/mol. The molecule has 0 spiro atoms. The van der Waals surface area contributed by atoms with Crippen molar-refractivity contribution in [2.24, 2.45) is 4.99 Å². The SMILES string of the molecule is CN=c1c2cnccc2cc(C)c2ccccc12. The lowest BCUT2D eigenvalue weighted by atomic mass is 10.1. The van der Waals surface area contributed by atoms with E-state index in [-0.39, 0.29) is 0 Å². The van der Waals surface area contributed by atoms with Crippen molar-refractivity contribution < 1.29 is 0 Å². The molecule has 0 unspecified atom stereocenters. The first kappa shape index (κ1) is 10.9. The zero-order chi connectivity index (χ0) is 12.5. The Balaban J connectivity index is 2.76. The highest BCUT2D eigenvalue weighted by molar-refractivity contribution is 5.94. The van der Waals surface area contributed by atoms with Gasteiger partial charge in [-0.25, -0.2) is 0 Å². The summed E-state index contributed by atoms with van der Waals surface area (Å²) < 4.78 is 0. The van der Waals surface area contributed by atoms with E-state index in [0.29, 0.717) is 0 Å². The van der Waals surface area contributed by atoms with Crippen LogP contribution in [0.1, 0.15) is 5.56 Å². The van der Waals surface area contributed by atoms with Crippen LogP contribution in [-0.2, 0) is 0 Å². The predicted molar refractivity (Wildman–Crippen MR) is 75.5 cm³/mol. The molecule has 0 amide bonds. The first-order valence-corrected chi connectivity index (χ1v) is 6.00. The molecular weight excluding hydrogens is 220 g/mol. The van der Waals surface area contributed by atoms with E-state index in [2.05, 4.69) is 47.2 Å². The van der Waals surface area contributed by atoms with Crippen LogP contribution in [-0.4, -0.2) is 12.0 Å². The number of aryl methyl sites for hydroxylation is 1. The Morgan fingerprint density at radius 1 is 1.00 bits per heavy atom. The van der Waals surface area contributed by atoms with Crippen molar-refractivity contribution in [2.75, 3.05) is 7.05 Å². The lowest BCUT2D eigenvalue weighted by Crippen LogP contribution is -2.01. The minimum absolute atomic E-state index is 1.02. The molecule has 1 aromatic heterocycles. The van der Waals surface area contributed by atoms with Crippen molar-refractivity contribution >= 4 is 21.5 Å². The molecule has 1 heterocycles. The second-order valence-corrected chi connectivity index (χ2v) is 4.41. The van der Waals surface area contributed by atoms with Gasteiger partial charge in [0.15, 0.2) is 0 Å². The van der Waals surface area contributed by atoms with Crippen LogP contribution in [0.15, 0.2) is 53.8 Å². The normalized spacial score (nSPS) is 12.2. The molecule has 2 nitrogen and oxygen atoms in total. The number of fused-ring (bicyclic) bond motifs is 2. The zero-order valence-corrected chi connectivity index (χ0v) is 10.5. The maximum atomic E-state index is 4.47. The predicted octanol–water partition coefficient (Wildman–Crippen LogP) is 3.23. The quantitative estimate of drug-likeness (QED) is 0.586. The molecule has 0 aliphatic rings. The maximum absolute atomic E-state index is 4.47. The molecular formula is C16H14N2. The molecule has 3 aromatic rings. The van der Waals surface area contributed by atoms with Crippen molar-refractivity contribution in [3.05, 3.63) is 59.7 Å². The van der Waals surface area contributed by atoms with Crippen molar-refractivity contribution in [1.29, 1.82) is 0 Å². The average Bonchev–Trinajstić information content (AvgIpc) is 2.53. The second-order valence-electron chi connectivity index (χ2n) is 4.41. The smallest absolute Gasteiger partial charge is 0.0743 e. The Kier molecular flexibility index (Phi) is 2.56. The van der Waals surface area contributed by atoms with E-state index < -0.39 is 0 Å². The zero-order valence-electron chi connectivity index (χ0n) is 10.5. The highest BCUT2D eigenvalue weighted by Gasteiger charge is 2.02. The summed E-state index contributed by atoms with van der Waals surface area (Å²) in [6.07, 6.45) is 3.72. The van der Waals surface area contributed by atoms with E-state index in [9.17, 15) is 0 Å². The van der Waals surface area contributed by atoms with E-state index in [4.69, 9.17) is 0 Å². The van der Waals surface area contributed by atoms with Crippen LogP contribution in [0.2, 0.25) is 0 Å². The molecule has 0 radical (unpaired) electrons. The third-order valence-electron chi connectivity index (χ3n) is 3.31. The molecule has 0 aliphatic heterocycles. The van der Waals surface area contributed by atoms with Gasteiger partial charge in [-0.2, -0.15) is 0 Å². The van der Waals surface area contributed by atoms with Crippen LogP contribution in [0.3, 0.4) is 0 Å². The molecule has 0 bridgehead atoms. The van der Waals surface area contributed by atoms with Crippen molar-refractivity contribution in [2.45, 2.75) is 6.92 Å². The van der Waals surface area contributed by atoms with E-state index in [0.717, 1.165) is 10.7 Å². The summed E-state index contributed by atoms with van der Waals surface area (Å²) in [5.74, 6) is 0. The summed E-state index contributed by atoms with van der Waals surface area (Å²) in [7, 11) is 1.84.